The standard InChI is InChI=1S/C12H21N5O7/c1-5(20)15-8(4-19)12(24)16-6(2-9(13)21)11(23)17-7(3-18)10(14)22/h6-8,18-19H,2-4H2,1H3,(H2,13,21)(H2,14,22)(H,15,20)(H,16,24)(H,17,23)/t6-,7-,8+/m0/s1. The van der Waals surface area contributed by atoms with Gasteiger partial charge in [0, 0.05) is 6.92 Å². The van der Waals surface area contributed by atoms with E-state index in [0.717, 1.165) is 6.92 Å². The second-order valence-electron chi connectivity index (χ2n) is 4.81. The van der Waals surface area contributed by atoms with E-state index in [4.69, 9.17) is 21.7 Å². The molecule has 12 nitrogen and oxygen atoms in total. The second kappa shape index (κ2) is 10.1. The largest absolute Gasteiger partial charge is 0.394 e. The van der Waals surface area contributed by atoms with Crippen molar-refractivity contribution in [3.63, 3.8) is 0 Å². The van der Waals surface area contributed by atoms with Gasteiger partial charge in [-0.05, 0) is 0 Å². The summed E-state index contributed by atoms with van der Waals surface area (Å²) in [5.74, 6) is -4.51. The molecule has 0 unspecified atom stereocenters. The maximum absolute atomic E-state index is 12.0. The fraction of sp³-hybridized carbons (Fsp3) is 0.583. The monoisotopic (exact) mass is 347 g/mol. The summed E-state index contributed by atoms with van der Waals surface area (Å²) < 4.78 is 0. The SMILES string of the molecule is CC(=O)N[C@H](CO)C(=O)N[C@@H](CC(N)=O)C(=O)N[C@@H](CO)C(N)=O. The summed E-state index contributed by atoms with van der Waals surface area (Å²) >= 11 is 0. The molecule has 0 aromatic carbocycles. The van der Waals surface area contributed by atoms with Crippen LogP contribution in [0.2, 0.25) is 0 Å². The van der Waals surface area contributed by atoms with Crippen LogP contribution in [-0.4, -0.2) is 71.1 Å². The number of aliphatic hydroxyl groups is 2. The van der Waals surface area contributed by atoms with Crippen LogP contribution in [0.3, 0.4) is 0 Å². The Morgan fingerprint density at radius 1 is 0.833 bits per heavy atom. The van der Waals surface area contributed by atoms with E-state index in [9.17, 15) is 24.0 Å². The quantitative estimate of drug-likeness (QED) is 0.204. The minimum Gasteiger partial charge on any atom is -0.394 e. The Bertz CT molecular complexity index is 510. The molecule has 0 radical (unpaired) electrons. The minimum atomic E-state index is -1.49. The normalized spacial score (nSPS) is 14.0. The van der Waals surface area contributed by atoms with Crippen LogP contribution in [0.25, 0.3) is 0 Å². The highest BCUT2D eigenvalue weighted by Gasteiger charge is 2.29. The van der Waals surface area contributed by atoms with Crippen LogP contribution >= 0.6 is 0 Å². The summed E-state index contributed by atoms with van der Waals surface area (Å²) in [6, 6.07) is -4.27. The first kappa shape index (κ1) is 21.3. The van der Waals surface area contributed by atoms with Gasteiger partial charge < -0.3 is 37.6 Å². The zero-order valence-electron chi connectivity index (χ0n) is 12.9. The predicted molar refractivity (Wildman–Crippen MR) is 78.6 cm³/mol. The van der Waals surface area contributed by atoms with Crippen molar-refractivity contribution in [2.24, 2.45) is 11.5 Å². The molecule has 9 N–H and O–H groups in total. The van der Waals surface area contributed by atoms with Crippen LogP contribution in [0.15, 0.2) is 0 Å². The molecule has 0 rings (SSSR count). The fourth-order valence-corrected chi connectivity index (χ4v) is 1.60. The summed E-state index contributed by atoms with van der Waals surface area (Å²) in [5, 5.41) is 24.3. The third kappa shape index (κ3) is 7.51. The number of rotatable bonds is 10. The van der Waals surface area contributed by atoms with Crippen molar-refractivity contribution in [3.05, 3.63) is 0 Å². The zero-order valence-corrected chi connectivity index (χ0v) is 12.9. The van der Waals surface area contributed by atoms with Gasteiger partial charge in [0.2, 0.25) is 29.5 Å². The fourth-order valence-electron chi connectivity index (χ4n) is 1.60. The average molecular weight is 347 g/mol. The highest BCUT2D eigenvalue weighted by molar-refractivity contribution is 5.96. The highest BCUT2D eigenvalue weighted by Crippen LogP contribution is 1.96. The van der Waals surface area contributed by atoms with Gasteiger partial charge in [-0.15, -0.1) is 0 Å². The van der Waals surface area contributed by atoms with E-state index in [1.807, 2.05) is 5.32 Å². The Labute approximate surface area is 136 Å². The topological polar surface area (TPSA) is 214 Å². The molecule has 0 fully saturated rings. The van der Waals surface area contributed by atoms with Gasteiger partial charge in [-0.2, -0.15) is 0 Å². The third-order valence-corrected chi connectivity index (χ3v) is 2.76. The molecular weight excluding hydrogens is 326 g/mol. The number of hydrogen-bond acceptors (Lipinski definition) is 7. The smallest absolute Gasteiger partial charge is 0.245 e. The summed E-state index contributed by atoms with van der Waals surface area (Å²) in [7, 11) is 0. The first-order valence-corrected chi connectivity index (χ1v) is 6.79. The Kier molecular flexibility index (Phi) is 8.97. The number of hydrogen-bond donors (Lipinski definition) is 7. The molecule has 136 valence electrons. The molecule has 0 aliphatic carbocycles. The molecule has 0 spiro atoms. The van der Waals surface area contributed by atoms with Crippen molar-refractivity contribution in [1.29, 1.82) is 0 Å². The lowest BCUT2D eigenvalue weighted by Crippen LogP contribution is -2.58. The second-order valence-corrected chi connectivity index (χ2v) is 4.81. The van der Waals surface area contributed by atoms with Gasteiger partial charge in [-0.3, -0.25) is 24.0 Å². The van der Waals surface area contributed by atoms with E-state index in [0.29, 0.717) is 0 Å². The zero-order chi connectivity index (χ0) is 18.9. The summed E-state index contributed by atoms with van der Waals surface area (Å²) in [5.41, 5.74) is 9.94. The van der Waals surface area contributed by atoms with Crippen LogP contribution in [-0.2, 0) is 24.0 Å². The molecule has 0 aliphatic heterocycles. The lowest BCUT2D eigenvalue weighted by atomic mass is 10.1. The molecule has 0 bridgehead atoms. The highest BCUT2D eigenvalue weighted by atomic mass is 16.3. The Morgan fingerprint density at radius 2 is 1.29 bits per heavy atom. The molecule has 12 heteroatoms. The summed E-state index contributed by atoms with van der Waals surface area (Å²) in [6.45, 7) is -0.428. The van der Waals surface area contributed by atoms with E-state index in [-0.39, 0.29) is 0 Å². The van der Waals surface area contributed by atoms with Crippen molar-refractivity contribution < 1.29 is 34.2 Å². The van der Waals surface area contributed by atoms with Crippen LogP contribution in [0.5, 0.6) is 0 Å². The first-order valence-electron chi connectivity index (χ1n) is 6.79. The number of amides is 5. The van der Waals surface area contributed by atoms with Crippen molar-refractivity contribution in [2.45, 2.75) is 31.5 Å². The molecule has 5 amide bonds. The molecular formula is C12H21N5O7. The third-order valence-electron chi connectivity index (χ3n) is 2.76. The van der Waals surface area contributed by atoms with Crippen LogP contribution in [0.1, 0.15) is 13.3 Å². The lowest BCUT2D eigenvalue weighted by molar-refractivity contribution is -0.135. The van der Waals surface area contributed by atoms with Gasteiger partial charge in [-0.25, -0.2) is 0 Å². The number of nitrogens with two attached hydrogens (primary N) is 2. The molecule has 0 saturated carbocycles. The van der Waals surface area contributed by atoms with Crippen LogP contribution in [0.4, 0.5) is 0 Å². The molecule has 0 aliphatic rings. The predicted octanol–water partition coefficient (Wildman–Crippen LogP) is -5.19. The number of aliphatic hydroxyl groups excluding tert-OH is 2. The van der Waals surface area contributed by atoms with E-state index in [2.05, 4.69) is 10.6 Å². The number of nitrogens with one attached hydrogen (secondary N) is 3. The van der Waals surface area contributed by atoms with Gasteiger partial charge in [0.05, 0.1) is 19.6 Å². The molecule has 0 heterocycles. The molecule has 24 heavy (non-hydrogen) atoms. The molecule has 3 atom stereocenters. The van der Waals surface area contributed by atoms with E-state index < -0.39 is 67.3 Å². The number of carbonyl (C=O) groups excluding carboxylic acids is 5. The van der Waals surface area contributed by atoms with Gasteiger partial charge in [-0.1, -0.05) is 0 Å². The Morgan fingerprint density at radius 3 is 1.67 bits per heavy atom. The van der Waals surface area contributed by atoms with E-state index in [1.165, 1.54) is 0 Å². The van der Waals surface area contributed by atoms with Crippen molar-refractivity contribution >= 4 is 29.5 Å². The maximum atomic E-state index is 12.0. The molecule has 0 aromatic heterocycles. The maximum Gasteiger partial charge on any atom is 0.245 e. The number of primary amides is 2. The van der Waals surface area contributed by atoms with E-state index >= 15 is 0 Å². The van der Waals surface area contributed by atoms with Gasteiger partial charge >= 0.3 is 0 Å². The average Bonchev–Trinajstić information content (AvgIpc) is 2.47. The number of carbonyl (C=O) groups is 5. The van der Waals surface area contributed by atoms with Crippen LogP contribution in [0, 0.1) is 0 Å². The Hall–Kier alpha value is -2.73. The summed E-state index contributed by atoms with van der Waals surface area (Å²) in [4.78, 5) is 56.9. The summed E-state index contributed by atoms with van der Waals surface area (Å²) in [6.07, 6.45) is -0.618. The minimum absolute atomic E-state index is 0.603. The van der Waals surface area contributed by atoms with E-state index in [1.54, 1.807) is 0 Å². The first-order chi connectivity index (χ1) is 11.1. The van der Waals surface area contributed by atoms with Gasteiger partial charge in [0.1, 0.15) is 18.1 Å². The molecule has 0 aromatic rings. The van der Waals surface area contributed by atoms with Crippen molar-refractivity contribution in [2.75, 3.05) is 13.2 Å². The lowest BCUT2D eigenvalue weighted by Gasteiger charge is -2.22. The Balaban J connectivity index is 5.08. The van der Waals surface area contributed by atoms with Crippen molar-refractivity contribution in [1.82, 2.24) is 16.0 Å². The van der Waals surface area contributed by atoms with Crippen molar-refractivity contribution in [3.8, 4) is 0 Å². The van der Waals surface area contributed by atoms with Crippen LogP contribution < -0.4 is 27.4 Å². The van der Waals surface area contributed by atoms with Gasteiger partial charge in [0.15, 0.2) is 0 Å². The molecule has 0 saturated heterocycles. The van der Waals surface area contributed by atoms with Gasteiger partial charge in [0.25, 0.3) is 0 Å².